The molecule has 0 amide bonds. The summed E-state index contributed by atoms with van der Waals surface area (Å²) in [5.74, 6) is -1.09. The normalized spacial score (nSPS) is 12.0. The third-order valence-electron chi connectivity index (χ3n) is 4.56. The van der Waals surface area contributed by atoms with Gasteiger partial charge in [-0.05, 0) is 47.9 Å². The molecule has 3 aromatic rings. The van der Waals surface area contributed by atoms with E-state index in [4.69, 9.17) is 0 Å². The van der Waals surface area contributed by atoms with Gasteiger partial charge in [0, 0.05) is 5.39 Å². The van der Waals surface area contributed by atoms with Crippen LogP contribution in [0.2, 0.25) is 0 Å². The Labute approximate surface area is 299 Å². The molecule has 0 aliphatic rings. The SMILES string of the molecule is O=S(=O)([O-])c1cc(S(=O)(=O)[O-])c2c(N=Nc3ccc(S(=O)(=O)CCOSOO[O-])cc3)c(O)ccc2c1.[Na+].[Na+].[Na+]. The molecule has 0 aromatic heterocycles. The number of phenolic OH excluding ortho intramolecular Hbond substituents is 1. The molecule has 0 saturated heterocycles. The fourth-order valence-electron chi connectivity index (χ4n) is 2.97. The van der Waals surface area contributed by atoms with Gasteiger partial charge in [0.1, 0.15) is 31.7 Å². The third-order valence-corrected chi connectivity index (χ3v) is 8.31. The molecule has 0 unspecified atom stereocenters. The number of azo groups is 1. The summed E-state index contributed by atoms with van der Waals surface area (Å²) in [5, 5.41) is 29.8. The van der Waals surface area contributed by atoms with Crippen LogP contribution >= 0.6 is 12.3 Å². The quantitative estimate of drug-likeness (QED) is 0.0381. The summed E-state index contributed by atoms with van der Waals surface area (Å²) in [6.45, 7) is -0.335. The topological polar surface area (TPSA) is 244 Å². The maximum atomic E-state index is 12.3. The Morgan fingerprint density at radius 2 is 1.45 bits per heavy atom. The van der Waals surface area contributed by atoms with Gasteiger partial charge in [-0.3, -0.25) is 9.22 Å². The molecule has 0 atom stereocenters. The van der Waals surface area contributed by atoms with Crippen LogP contribution in [0, 0.1) is 0 Å². The monoisotopic (exact) mass is 662 g/mol. The van der Waals surface area contributed by atoms with Gasteiger partial charge in [0.05, 0.1) is 32.7 Å². The van der Waals surface area contributed by atoms with E-state index in [2.05, 4.69) is 23.8 Å². The van der Waals surface area contributed by atoms with Gasteiger partial charge >= 0.3 is 88.7 Å². The van der Waals surface area contributed by atoms with Crippen molar-refractivity contribution in [3.63, 3.8) is 0 Å². The minimum Gasteiger partial charge on any atom is -0.744 e. The van der Waals surface area contributed by atoms with Crippen molar-refractivity contribution in [3.8, 4) is 5.75 Å². The Balaban J connectivity index is 0.00000507. The molecule has 3 aromatic carbocycles. The standard InChI is InChI=1S/C18H16N2O13S4.3Na/c21-15-6-1-11-9-14(36(25,26)27)10-16(37(28,29)30)17(11)18(15)20-19-12-2-4-13(5-3-12)35(23,24)8-7-31-34-33-32-22;;;/h1-6,9-10,21-22H,7-8H2,(H,25,26,27)(H,28,29,30);;;/q;3*+1/p-3. The van der Waals surface area contributed by atoms with Crippen LogP contribution in [0.3, 0.4) is 0 Å². The number of nitrogens with zero attached hydrogens (tertiary/aromatic N) is 2. The molecule has 3 rings (SSSR count). The van der Waals surface area contributed by atoms with Crippen molar-refractivity contribution in [1.82, 2.24) is 0 Å². The average Bonchev–Trinajstić information content (AvgIpc) is 2.81. The predicted octanol–water partition coefficient (Wildman–Crippen LogP) is -7.64. The number of sulfone groups is 1. The first-order valence-corrected chi connectivity index (χ1v) is 14.6. The van der Waals surface area contributed by atoms with Crippen LogP contribution < -0.4 is 93.9 Å². The molecule has 22 heteroatoms. The van der Waals surface area contributed by atoms with Crippen LogP contribution in [0.15, 0.2) is 73.4 Å². The first-order chi connectivity index (χ1) is 17.2. The zero-order chi connectivity index (χ0) is 27.4. The van der Waals surface area contributed by atoms with Crippen LogP contribution in [0.4, 0.5) is 11.4 Å². The number of phenols is 1. The van der Waals surface area contributed by atoms with Crippen molar-refractivity contribution in [1.29, 1.82) is 0 Å². The van der Waals surface area contributed by atoms with Crippen molar-refractivity contribution in [2.75, 3.05) is 12.4 Å². The Bertz CT molecular complexity index is 1670. The van der Waals surface area contributed by atoms with Gasteiger partial charge in [-0.1, -0.05) is 6.07 Å². The Morgan fingerprint density at radius 3 is 2.00 bits per heavy atom. The Kier molecular flexibility index (Phi) is 17.1. The first-order valence-electron chi connectivity index (χ1n) is 9.45. The van der Waals surface area contributed by atoms with Crippen LogP contribution in [-0.2, 0) is 43.6 Å². The molecule has 1 N–H and O–H groups in total. The summed E-state index contributed by atoms with van der Waals surface area (Å²) in [6.07, 6.45) is 0. The molecule has 40 heavy (non-hydrogen) atoms. The van der Waals surface area contributed by atoms with E-state index >= 15 is 0 Å². The number of hydrogen-bond donors (Lipinski definition) is 1. The van der Waals surface area contributed by atoms with Gasteiger partial charge in [0.2, 0.25) is 0 Å². The zero-order valence-corrected chi connectivity index (χ0v) is 30.2. The Hall–Kier alpha value is 0.280. The number of benzene rings is 3. The number of fused-ring (bicyclic) bond motifs is 1. The molecule has 0 spiro atoms. The zero-order valence-electron chi connectivity index (χ0n) is 20.9. The smallest absolute Gasteiger partial charge is 0.744 e. The van der Waals surface area contributed by atoms with Crippen LogP contribution in [0.25, 0.3) is 10.8 Å². The van der Waals surface area contributed by atoms with E-state index in [1.807, 2.05) is 0 Å². The van der Waals surface area contributed by atoms with Gasteiger partial charge in [0.15, 0.2) is 22.2 Å². The van der Waals surface area contributed by atoms with E-state index in [9.17, 15) is 44.7 Å². The van der Waals surface area contributed by atoms with Crippen molar-refractivity contribution >= 4 is 64.5 Å². The molecule has 0 bridgehead atoms. The number of hydrogen-bond acceptors (Lipinski definition) is 16. The summed E-state index contributed by atoms with van der Waals surface area (Å²) in [5.41, 5.74) is -0.467. The van der Waals surface area contributed by atoms with E-state index in [1.54, 1.807) is 0 Å². The minimum absolute atomic E-state index is 0. The summed E-state index contributed by atoms with van der Waals surface area (Å²) in [6, 6.07) is 8.09. The van der Waals surface area contributed by atoms with E-state index in [-0.39, 0.29) is 124 Å². The van der Waals surface area contributed by atoms with Crippen molar-refractivity contribution in [2.45, 2.75) is 14.7 Å². The number of aromatic hydroxyl groups is 1. The molecule has 0 fully saturated rings. The van der Waals surface area contributed by atoms with E-state index in [0.717, 1.165) is 18.2 Å². The van der Waals surface area contributed by atoms with Crippen LogP contribution in [-0.4, -0.2) is 51.8 Å². The van der Waals surface area contributed by atoms with Gasteiger partial charge in [-0.2, -0.15) is 5.11 Å². The molecule has 0 aliphatic carbocycles. The maximum Gasteiger partial charge on any atom is 1.00 e. The summed E-state index contributed by atoms with van der Waals surface area (Å²) in [4.78, 5) is -2.21. The average molecular weight is 663 g/mol. The molecule has 0 heterocycles. The predicted molar refractivity (Wildman–Crippen MR) is 120 cm³/mol. The minimum atomic E-state index is -5.34. The van der Waals surface area contributed by atoms with Gasteiger partial charge in [-0.15, -0.1) is 9.45 Å². The Morgan fingerprint density at radius 1 is 0.825 bits per heavy atom. The van der Waals surface area contributed by atoms with Gasteiger partial charge < -0.3 is 19.5 Å². The fraction of sp³-hybridized carbons (Fsp3) is 0.111. The fourth-order valence-corrected chi connectivity index (χ4v) is 5.72. The van der Waals surface area contributed by atoms with Gasteiger partial charge in [0.25, 0.3) is 0 Å². The second-order valence-electron chi connectivity index (χ2n) is 6.90. The third kappa shape index (κ3) is 10.8. The van der Waals surface area contributed by atoms with E-state index in [0.29, 0.717) is 6.07 Å². The largest absolute Gasteiger partial charge is 1.00 e. The molecule has 0 radical (unpaired) electrons. The maximum absolute atomic E-state index is 12.3. The summed E-state index contributed by atoms with van der Waals surface area (Å²) >= 11 is 0.153. The number of rotatable bonds is 11. The second-order valence-corrected chi connectivity index (χ2v) is 12.2. The molecular weight excluding hydrogens is 649 g/mol. The molecular formula is C18H13N2Na3O13S4. The first kappa shape index (κ1) is 40.3. The molecule has 15 nitrogen and oxygen atoms in total. The van der Waals surface area contributed by atoms with Crippen LogP contribution in [0.1, 0.15) is 0 Å². The second kappa shape index (κ2) is 16.9. The molecule has 0 aliphatic heterocycles. The molecule has 200 valence electrons. The van der Waals surface area contributed by atoms with Gasteiger partial charge in [-0.25, -0.2) is 25.3 Å². The van der Waals surface area contributed by atoms with Crippen LogP contribution in [0.5, 0.6) is 5.75 Å². The van der Waals surface area contributed by atoms with E-state index in [1.165, 1.54) is 24.3 Å². The molecule has 0 saturated carbocycles. The van der Waals surface area contributed by atoms with Crippen molar-refractivity contribution in [2.24, 2.45) is 10.2 Å². The van der Waals surface area contributed by atoms with E-state index < -0.39 is 62.4 Å². The van der Waals surface area contributed by atoms with Crippen molar-refractivity contribution in [3.05, 3.63) is 48.5 Å². The van der Waals surface area contributed by atoms with Crippen molar-refractivity contribution < 1.29 is 147 Å². The summed E-state index contributed by atoms with van der Waals surface area (Å²) < 4.78 is 103. The summed E-state index contributed by atoms with van der Waals surface area (Å²) in [7, 11) is -14.3.